The molecule has 1 saturated heterocycles. The molecule has 0 amide bonds. The minimum atomic E-state index is 0.335. The van der Waals surface area contributed by atoms with Gasteiger partial charge in [-0.15, -0.1) is 0 Å². The van der Waals surface area contributed by atoms with Gasteiger partial charge in [-0.25, -0.2) is 0 Å². The van der Waals surface area contributed by atoms with Crippen molar-refractivity contribution in [3.8, 4) is 0 Å². The summed E-state index contributed by atoms with van der Waals surface area (Å²) < 4.78 is 11.0. The normalized spacial score (nSPS) is 29.4. The maximum Gasteiger partial charge on any atom is 0.0776 e. The van der Waals surface area contributed by atoms with E-state index in [1.54, 1.807) is 7.11 Å². The summed E-state index contributed by atoms with van der Waals surface area (Å²) in [5.74, 6) is 0.652. The van der Waals surface area contributed by atoms with Crippen LogP contribution in [-0.4, -0.2) is 39.0 Å². The van der Waals surface area contributed by atoms with E-state index in [1.807, 2.05) is 0 Å². The maximum atomic E-state index is 5.73. The monoisotopic (exact) mass is 201 g/mol. The molecule has 1 heterocycles. The number of rotatable bonds is 6. The molecule has 1 rings (SSSR count). The summed E-state index contributed by atoms with van der Waals surface area (Å²) in [5.41, 5.74) is 0. The van der Waals surface area contributed by atoms with E-state index >= 15 is 0 Å². The zero-order chi connectivity index (χ0) is 10.4. The topological polar surface area (TPSA) is 30.5 Å². The second-order valence-electron chi connectivity index (χ2n) is 4.12. The average molecular weight is 201 g/mol. The van der Waals surface area contributed by atoms with Crippen molar-refractivity contribution in [2.24, 2.45) is 5.92 Å². The van der Waals surface area contributed by atoms with Crippen molar-refractivity contribution in [2.45, 2.75) is 38.8 Å². The van der Waals surface area contributed by atoms with Gasteiger partial charge in [0, 0.05) is 13.7 Å². The van der Waals surface area contributed by atoms with Crippen molar-refractivity contribution in [1.82, 2.24) is 5.32 Å². The van der Waals surface area contributed by atoms with Crippen LogP contribution >= 0.6 is 0 Å². The molecule has 0 bridgehead atoms. The first-order valence-electron chi connectivity index (χ1n) is 5.63. The molecule has 84 valence electrons. The molecule has 1 fully saturated rings. The molecule has 0 spiro atoms. The van der Waals surface area contributed by atoms with Crippen LogP contribution in [0.4, 0.5) is 0 Å². The minimum absolute atomic E-state index is 0.335. The van der Waals surface area contributed by atoms with Gasteiger partial charge in [-0.05, 0) is 25.3 Å². The van der Waals surface area contributed by atoms with Crippen LogP contribution in [0.15, 0.2) is 0 Å². The summed E-state index contributed by atoms with van der Waals surface area (Å²) in [5, 5.41) is 3.49. The Bertz CT molecular complexity index is 152. The van der Waals surface area contributed by atoms with Gasteiger partial charge in [0.05, 0.1) is 18.8 Å². The quantitative estimate of drug-likeness (QED) is 0.705. The second-order valence-corrected chi connectivity index (χ2v) is 4.12. The van der Waals surface area contributed by atoms with Gasteiger partial charge in [0.2, 0.25) is 0 Å². The first-order chi connectivity index (χ1) is 6.79. The largest absolute Gasteiger partial charge is 0.383 e. The molecule has 0 aromatic carbocycles. The van der Waals surface area contributed by atoms with E-state index in [2.05, 4.69) is 19.2 Å². The summed E-state index contributed by atoms with van der Waals surface area (Å²) in [6, 6.07) is 0.359. The van der Waals surface area contributed by atoms with Crippen LogP contribution < -0.4 is 5.32 Å². The van der Waals surface area contributed by atoms with Gasteiger partial charge in [-0.3, -0.25) is 0 Å². The molecule has 14 heavy (non-hydrogen) atoms. The highest BCUT2D eigenvalue weighted by Gasteiger charge is 2.31. The molecule has 3 nitrogen and oxygen atoms in total. The van der Waals surface area contributed by atoms with Crippen molar-refractivity contribution < 1.29 is 9.47 Å². The Hall–Kier alpha value is -0.120. The van der Waals surface area contributed by atoms with Crippen LogP contribution in [0.3, 0.4) is 0 Å². The van der Waals surface area contributed by atoms with E-state index in [-0.39, 0.29) is 0 Å². The number of hydrogen-bond acceptors (Lipinski definition) is 3. The third kappa shape index (κ3) is 3.23. The first kappa shape index (κ1) is 12.0. The zero-order valence-corrected chi connectivity index (χ0v) is 9.58. The second kappa shape index (κ2) is 6.38. The summed E-state index contributed by atoms with van der Waals surface area (Å²) in [7, 11) is 1.75. The van der Waals surface area contributed by atoms with Crippen LogP contribution in [0.1, 0.15) is 26.7 Å². The Morgan fingerprint density at radius 3 is 2.86 bits per heavy atom. The van der Waals surface area contributed by atoms with E-state index in [4.69, 9.17) is 9.47 Å². The Morgan fingerprint density at radius 2 is 2.36 bits per heavy atom. The Morgan fingerprint density at radius 1 is 1.57 bits per heavy atom. The highest BCUT2D eigenvalue weighted by molar-refractivity contribution is 4.84. The van der Waals surface area contributed by atoms with Gasteiger partial charge in [-0.2, -0.15) is 0 Å². The molecule has 0 radical (unpaired) electrons. The molecule has 1 aliphatic rings. The summed E-state index contributed by atoms with van der Waals surface area (Å²) in [6.07, 6.45) is 2.67. The summed E-state index contributed by atoms with van der Waals surface area (Å²) in [6.45, 7) is 7.12. The van der Waals surface area contributed by atoms with Gasteiger partial charge < -0.3 is 14.8 Å². The average Bonchev–Trinajstić information content (AvgIpc) is 2.59. The third-order valence-electron chi connectivity index (χ3n) is 2.84. The fourth-order valence-electron chi connectivity index (χ4n) is 2.01. The van der Waals surface area contributed by atoms with Crippen molar-refractivity contribution in [1.29, 1.82) is 0 Å². The first-order valence-corrected chi connectivity index (χ1v) is 5.63. The summed E-state index contributed by atoms with van der Waals surface area (Å²) in [4.78, 5) is 0. The van der Waals surface area contributed by atoms with Crippen LogP contribution in [0, 0.1) is 5.92 Å². The van der Waals surface area contributed by atoms with Gasteiger partial charge in [0.15, 0.2) is 0 Å². The fraction of sp³-hybridized carbons (Fsp3) is 1.00. The van der Waals surface area contributed by atoms with Gasteiger partial charge in [0.25, 0.3) is 0 Å². The molecule has 1 aliphatic heterocycles. The summed E-state index contributed by atoms with van der Waals surface area (Å²) >= 11 is 0. The standard InChI is InChI=1S/C11H23NO2/c1-4-6-12-10(8-13-3)11-9(2)5-7-14-11/h9-12H,4-8H2,1-3H3. The Balaban J connectivity index is 2.39. The lowest BCUT2D eigenvalue weighted by Gasteiger charge is -2.26. The maximum absolute atomic E-state index is 5.73. The molecule has 0 aliphatic carbocycles. The predicted octanol–water partition coefficient (Wildman–Crippen LogP) is 1.43. The van der Waals surface area contributed by atoms with E-state index in [0.29, 0.717) is 18.1 Å². The van der Waals surface area contributed by atoms with Gasteiger partial charge >= 0.3 is 0 Å². The third-order valence-corrected chi connectivity index (χ3v) is 2.84. The molecule has 0 saturated carbocycles. The SMILES string of the molecule is CCCNC(COC)C1OCCC1C. The highest BCUT2D eigenvalue weighted by Crippen LogP contribution is 2.23. The van der Waals surface area contributed by atoms with E-state index in [9.17, 15) is 0 Å². The lowest BCUT2D eigenvalue weighted by atomic mass is 9.98. The molecule has 0 aromatic rings. The van der Waals surface area contributed by atoms with Gasteiger partial charge in [0.1, 0.15) is 0 Å². The Kier molecular flexibility index (Phi) is 5.45. The van der Waals surface area contributed by atoms with Crippen molar-refractivity contribution in [3.05, 3.63) is 0 Å². The van der Waals surface area contributed by atoms with Gasteiger partial charge in [-0.1, -0.05) is 13.8 Å². The van der Waals surface area contributed by atoms with E-state index in [0.717, 1.165) is 26.2 Å². The van der Waals surface area contributed by atoms with Crippen LogP contribution in [0.25, 0.3) is 0 Å². The van der Waals surface area contributed by atoms with Crippen molar-refractivity contribution in [3.63, 3.8) is 0 Å². The molecule has 1 N–H and O–H groups in total. The van der Waals surface area contributed by atoms with Crippen LogP contribution in [0.5, 0.6) is 0 Å². The fourth-order valence-corrected chi connectivity index (χ4v) is 2.01. The predicted molar refractivity (Wildman–Crippen MR) is 57.5 cm³/mol. The van der Waals surface area contributed by atoms with E-state index < -0.39 is 0 Å². The number of methoxy groups -OCH3 is 1. The van der Waals surface area contributed by atoms with Crippen molar-refractivity contribution in [2.75, 3.05) is 26.9 Å². The number of nitrogens with one attached hydrogen (secondary N) is 1. The van der Waals surface area contributed by atoms with E-state index in [1.165, 1.54) is 6.42 Å². The number of ether oxygens (including phenoxy) is 2. The Labute approximate surface area is 87.2 Å². The highest BCUT2D eigenvalue weighted by atomic mass is 16.5. The minimum Gasteiger partial charge on any atom is -0.383 e. The van der Waals surface area contributed by atoms with Crippen LogP contribution in [0.2, 0.25) is 0 Å². The molecular formula is C11H23NO2. The van der Waals surface area contributed by atoms with Crippen molar-refractivity contribution >= 4 is 0 Å². The van der Waals surface area contributed by atoms with Crippen LogP contribution in [-0.2, 0) is 9.47 Å². The smallest absolute Gasteiger partial charge is 0.0776 e. The molecule has 0 aromatic heterocycles. The lowest BCUT2D eigenvalue weighted by molar-refractivity contribution is 0.0292. The number of hydrogen-bond donors (Lipinski definition) is 1. The molecular weight excluding hydrogens is 178 g/mol. The zero-order valence-electron chi connectivity index (χ0n) is 9.58. The molecule has 3 unspecified atom stereocenters. The molecule has 3 atom stereocenters. The molecule has 3 heteroatoms. The lowest BCUT2D eigenvalue weighted by Crippen LogP contribution is -2.45.